The van der Waals surface area contributed by atoms with E-state index in [1.807, 2.05) is 0 Å². The first-order valence-electron chi connectivity index (χ1n) is 3.59. The monoisotopic (exact) mass is 208 g/mol. The van der Waals surface area contributed by atoms with Crippen LogP contribution in [0.4, 0.5) is 0 Å². The summed E-state index contributed by atoms with van der Waals surface area (Å²) in [5.74, 6) is -1.52. The summed E-state index contributed by atoms with van der Waals surface area (Å²) in [7, 11) is -4.01. The van der Waals surface area contributed by atoms with Crippen molar-refractivity contribution in [1.82, 2.24) is 0 Å². The second-order valence-electron chi connectivity index (χ2n) is 2.75. The minimum Gasteiger partial charge on any atom is -0.478 e. The van der Waals surface area contributed by atoms with E-state index in [4.69, 9.17) is 9.66 Å². The summed E-state index contributed by atoms with van der Waals surface area (Å²) in [6.07, 6.45) is 0.0387. The van der Waals surface area contributed by atoms with E-state index in [1.54, 1.807) is 0 Å². The van der Waals surface area contributed by atoms with Gasteiger partial charge in [-0.1, -0.05) is 5.57 Å². The molecule has 0 aromatic rings. The van der Waals surface area contributed by atoms with Gasteiger partial charge >= 0.3 is 5.97 Å². The molecule has 0 rings (SSSR count). The lowest BCUT2D eigenvalue weighted by molar-refractivity contribution is -0.132. The van der Waals surface area contributed by atoms with Gasteiger partial charge in [0.2, 0.25) is 0 Å². The van der Waals surface area contributed by atoms with Crippen LogP contribution in [-0.4, -0.2) is 29.8 Å². The standard InChI is InChI=1S/C7H12O5S/c1-5(6(2)7(8)9)3-4-13(10,11)12/h3-4H2,1-2H3,(H,8,9)(H,10,11,12)/b6-5+. The van der Waals surface area contributed by atoms with E-state index in [-0.39, 0.29) is 12.0 Å². The number of hydrogen-bond acceptors (Lipinski definition) is 3. The number of aliphatic carboxylic acids is 1. The molecule has 6 heteroatoms. The van der Waals surface area contributed by atoms with E-state index in [1.165, 1.54) is 13.8 Å². The van der Waals surface area contributed by atoms with Crippen molar-refractivity contribution in [3.8, 4) is 0 Å². The lowest BCUT2D eigenvalue weighted by Gasteiger charge is -2.01. The highest BCUT2D eigenvalue weighted by Gasteiger charge is 2.09. The highest BCUT2D eigenvalue weighted by atomic mass is 32.2. The molecule has 0 spiro atoms. The van der Waals surface area contributed by atoms with Gasteiger partial charge in [-0.3, -0.25) is 4.55 Å². The smallest absolute Gasteiger partial charge is 0.331 e. The lowest BCUT2D eigenvalue weighted by atomic mass is 10.1. The van der Waals surface area contributed by atoms with Gasteiger partial charge in [-0.2, -0.15) is 8.42 Å². The van der Waals surface area contributed by atoms with Crippen LogP contribution in [0.1, 0.15) is 20.3 Å². The van der Waals surface area contributed by atoms with Crippen LogP contribution < -0.4 is 0 Å². The molecule has 0 heterocycles. The third-order valence-electron chi connectivity index (χ3n) is 1.70. The Morgan fingerprint density at radius 1 is 1.31 bits per heavy atom. The van der Waals surface area contributed by atoms with Crippen LogP contribution in [0.2, 0.25) is 0 Å². The number of carboxylic acids is 1. The normalized spacial score (nSPS) is 13.8. The van der Waals surface area contributed by atoms with Gasteiger partial charge in [-0.15, -0.1) is 0 Å². The Morgan fingerprint density at radius 2 is 1.77 bits per heavy atom. The zero-order valence-corrected chi connectivity index (χ0v) is 8.26. The van der Waals surface area contributed by atoms with Gasteiger partial charge in [0, 0.05) is 5.57 Å². The lowest BCUT2D eigenvalue weighted by Crippen LogP contribution is -2.06. The van der Waals surface area contributed by atoms with Crippen molar-refractivity contribution in [2.75, 3.05) is 5.75 Å². The van der Waals surface area contributed by atoms with E-state index >= 15 is 0 Å². The molecule has 76 valence electrons. The second kappa shape index (κ2) is 4.38. The van der Waals surface area contributed by atoms with Crippen molar-refractivity contribution < 1.29 is 22.9 Å². The fourth-order valence-corrected chi connectivity index (χ4v) is 1.22. The molecular formula is C7H12O5S. The summed E-state index contributed by atoms with van der Waals surface area (Å²) in [4.78, 5) is 10.4. The predicted octanol–water partition coefficient (Wildman–Crippen LogP) is 0.685. The first-order valence-corrected chi connectivity index (χ1v) is 5.20. The van der Waals surface area contributed by atoms with Crippen LogP contribution in [0.5, 0.6) is 0 Å². The molecule has 0 bridgehead atoms. The summed E-state index contributed by atoms with van der Waals surface area (Å²) in [6.45, 7) is 2.91. The maximum Gasteiger partial charge on any atom is 0.331 e. The average Bonchev–Trinajstić information content (AvgIpc) is 1.97. The maximum absolute atomic E-state index is 10.4. The third kappa shape index (κ3) is 5.37. The van der Waals surface area contributed by atoms with E-state index < -0.39 is 21.8 Å². The molecule has 0 amide bonds. The minimum atomic E-state index is -4.01. The fraction of sp³-hybridized carbons (Fsp3) is 0.571. The number of carbonyl (C=O) groups is 1. The summed E-state index contributed by atoms with van der Waals surface area (Å²) >= 11 is 0. The molecule has 0 aliphatic carbocycles. The van der Waals surface area contributed by atoms with Gasteiger partial charge in [0.25, 0.3) is 10.1 Å². The molecule has 13 heavy (non-hydrogen) atoms. The third-order valence-corrected chi connectivity index (χ3v) is 2.42. The summed E-state index contributed by atoms with van der Waals surface area (Å²) in [6, 6.07) is 0. The molecule has 0 unspecified atom stereocenters. The zero-order valence-electron chi connectivity index (χ0n) is 7.44. The Kier molecular flexibility index (Phi) is 4.09. The summed E-state index contributed by atoms with van der Waals surface area (Å²) < 4.78 is 29.0. The van der Waals surface area contributed by atoms with Crippen LogP contribution >= 0.6 is 0 Å². The Labute approximate surface area is 76.8 Å². The molecule has 0 aromatic heterocycles. The quantitative estimate of drug-likeness (QED) is 0.523. The van der Waals surface area contributed by atoms with E-state index in [0.29, 0.717) is 5.57 Å². The number of hydrogen-bond donors (Lipinski definition) is 2. The van der Waals surface area contributed by atoms with Gasteiger partial charge in [-0.05, 0) is 20.3 Å². The van der Waals surface area contributed by atoms with Crippen LogP contribution in [-0.2, 0) is 14.9 Å². The molecule has 0 saturated carbocycles. The molecular weight excluding hydrogens is 196 g/mol. The Morgan fingerprint density at radius 3 is 2.08 bits per heavy atom. The molecule has 0 aliphatic heterocycles. The van der Waals surface area contributed by atoms with E-state index in [0.717, 1.165) is 0 Å². The first-order chi connectivity index (χ1) is 5.74. The maximum atomic E-state index is 10.4. The molecule has 0 aliphatic rings. The first kappa shape index (κ1) is 12.1. The SMILES string of the molecule is C/C(CCS(=O)(=O)O)=C(/C)C(=O)O. The van der Waals surface area contributed by atoms with Crippen molar-refractivity contribution in [3.05, 3.63) is 11.1 Å². The second-order valence-corrected chi connectivity index (χ2v) is 4.32. The van der Waals surface area contributed by atoms with Crippen LogP contribution in [0.3, 0.4) is 0 Å². The van der Waals surface area contributed by atoms with Crippen LogP contribution in [0.15, 0.2) is 11.1 Å². The zero-order chi connectivity index (χ0) is 10.6. The molecule has 5 nitrogen and oxygen atoms in total. The van der Waals surface area contributed by atoms with Gasteiger partial charge in [0.05, 0.1) is 5.75 Å². The van der Waals surface area contributed by atoms with Crippen molar-refractivity contribution in [2.45, 2.75) is 20.3 Å². The topological polar surface area (TPSA) is 91.7 Å². The van der Waals surface area contributed by atoms with Gasteiger partial charge in [0.1, 0.15) is 0 Å². The molecule has 0 saturated heterocycles. The van der Waals surface area contributed by atoms with Gasteiger partial charge in [-0.25, -0.2) is 4.79 Å². The highest BCUT2D eigenvalue weighted by Crippen LogP contribution is 2.08. The molecule has 2 N–H and O–H groups in total. The molecule has 0 aromatic carbocycles. The van der Waals surface area contributed by atoms with E-state index in [9.17, 15) is 13.2 Å². The molecule has 0 fully saturated rings. The number of allylic oxidation sites excluding steroid dienone is 1. The van der Waals surface area contributed by atoms with E-state index in [2.05, 4.69) is 0 Å². The average molecular weight is 208 g/mol. The Balaban J connectivity index is 4.40. The van der Waals surface area contributed by atoms with Gasteiger partial charge in [0.15, 0.2) is 0 Å². The minimum absolute atomic E-state index is 0.0387. The predicted molar refractivity (Wildman–Crippen MR) is 47.0 cm³/mol. The van der Waals surface area contributed by atoms with Crippen molar-refractivity contribution in [2.24, 2.45) is 0 Å². The summed E-state index contributed by atoms with van der Waals surface area (Å²) in [5.41, 5.74) is 0.564. The fourth-order valence-electron chi connectivity index (χ4n) is 0.652. The Bertz CT molecular complexity index is 325. The number of carboxylic acid groups (broad SMARTS) is 1. The molecule has 0 radical (unpaired) electrons. The van der Waals surface area contributed by atoms with Crippen molar-refractivity contribution in [3.63, 3.8) is 0 Å². The van der Waals surface area contributed by atoms with Crippen molar-refractivity contribution >= 4 is 16.1 Å². The Hall–Kier alpha value is -0.880. The van der Waals surface area contributed by atoms with Crippen LogP contribution in [0.25, 0.3) is 0 Å². The van der Waals surface area contributed by atoms with Crippen LogP contribution in [0, 0.1) is 0 Å². The summed E-state index contributed by atoms with van der Waals surface area (Å²) in [5, 5.41) is 8.51. The van der Waals surface area contributed by atoms with Gasteiger partial charge < -0.3 is 5.11 Å². The molecule has 0 atom stereocenters. The number of rotatable bonds is 4. The largest absolute Gasteiger partial charge is 0.478 e. The van der Waals surface area contributed by atoms with Crippen molar-refractivity contribution in [1.29, 1.82) is 0 Å². The highest BCUT2D eigenvalue weighted by molar-refractivity contribution is 7.85.